The van der Waals surface area contributed by atoms with Crippen LogP contribution in [0, 0.1) is 0 Å². The third kappa shape index (κ3) is 1.65. The van der Waals surface area contributed by atoms with E-state index in [1.165, 1.54) is 6.20 Å². The lowest BCUT2D eigenvalue weighted by Gasteiger charge is -1.85. The van der Waals surface area contributed by atoms with Crippen LogP contribution in [0.2, 0.25) is 0 Å². The number of rotatable bonds is 0. The van der Waals surface area contributed by atoms with Gasteiger partial charge in [0.15, 0.2) is 0 Å². The van der Waals surface area contributed by atoms with Gasteiger partial charge in [-0.1, -0.05) is 28.8 Å². The van der Waals surface area contributed by atoms with Crippen LogP contribution in [0.5, 0.6) is 0 Å². The first kappa shape index (κ1) is 8.12. The van der Waals surface area contributed by atoms with Crippen molar-refractivity contribution in [1.29, 1.82) is 0 Å². The van der Waals surface area contributed by atoms with Gasteiger partial charge in [-0.05, 0) is 5.22 Å². The van der Waals surface area contributed by atoms with Gasteiger partial charge in [-0.25, -0.2) is 0 Å². The van der Waals surface area contributed by atoms with Gasteiger partial charge in [-0.3, -0.25) is 0 Å². The Hall–Kier alpha value is -1.49. The van der Waals surface area contributed by atoms with E-state index in [4.69, 9.17) is 0 Å². The predicted octanol–water partition coefficient (Wildman–Crippen LogP) is -0.0418. The zero-order valence-corrected chi connectivity index (χ0v) is 7.40. The second kappa shape index (κ2) is 2.77. The van der Waals surface area contributed by atoms with Gasteiger partial charge in [0.1, 0.15) is 0 Å². The molecular weight excluding hydrogens is 188 g/mol. The molecule has 1 aromatic carbocycles. The van der Waals surface area contributed by atoms with E-state index in [1.54, 1.807) is 18.2 Å². The SMILES string of the molecule is O=S1(=O)C=c2ccccc2=CN=N1. The summed E-state index contributed by atoms with van der Waals surface area (Å²) in [6.45, 7) is 0. The van der Waals surface area contributed by atoms with Crippen LogP contribution >= 0.6 is 0 Å². The van der Waals surface area contributed by atoms with E-state index in [2.05, 4.69) is 9.63 Å². The van der Waals surface area contributed by atoms with Crippen molar-refractivity contribution in [2.75, 3.05) is 0 Å². The molecule has 0 unspecified atom stereocenters. The third-order valence-corrected chi connectivity index (χ3v) is 2.50. The lowest BCUT2D eigenvalue weighted by atomic mass is 10.3. The van der Waals surface area contributed by atoms with Crippen molar-refractivity contribution in [1.82, 2.24) is 0 Å². The predicted molar refractivity (Wildman–Crippen MR) is 48.4 cm³/mol. The van der Waals surface area contributed by atoms with Gasteiger partial charge in [0.25, 0.3) is 10.0 Å². The molecule has 0 bridgehead atoms. The molecule has 0 spiro atoms. The van der Waals surface area contributed by atoms with E-state index in [9.17, 15) is 8.42 Å². The molecule has 0 radical (unpaired) electrons. The average molecular weight is 194 g/mol. The van der Waals surface area contributed by atoms with Crippen LogP contribution in [0.15, 0.2) is 33.9 Å². The highest BCUT2D eigenvalue weighted by Gasteiger charge is 2.03. The van der Waals surface area contributed by atoms with Crippen molar-refractivity contribution in [3.8, 4) is 0 Å². The minimum absolute atomic E-state index is 0.618. The van der Waals surface area contributed by atoms with Crippen LogP contribution in [0.25, 0.3) is 11.6 Å². The maximum absolute atomic E-state index is 11.1. The number of fused-ring (bicyclic) bond motifs is 1. The third-order valence-electron chi connectivity index (χ3n) is 1.63. The Balaban J connectivity index is 2.93. The first-order valence-corrected chi connectivity index (χ1v) is 5.12. The van der Waals surface area contributed by atoms with Crippen molar-refractivity contribution in [2.45, 2.75) is 0 Å². The Morgan fingerprint density at radius 2 is 1.77 bits per heavy atom. The van der Waals surface area contributed by atoms with Crippen LogP contribution in [-0.2, 0) is 10.0 Å². The Kier molecular flexibility index (Phi) is 1.73. The molecule has 5 heteroatoms. The number of benzene rings is 1. The van der Waals surface area contributed by atoms with Gasteiger partial charge in [-0.15, -0.1) is 5.11 Å². The van der Waals surface area contributed by atoms with Gasteiger partial charge < -0.3 is 0 Å². The lowest BCUT2D eigenvalue weighted by Crippen LogP contribution is -2.23. The summed E-state index contributed by atoms with van der Waals surface area (Å²) in [5, 5.41) is 5.93. The molecule has 13 heavy (non-hydrogen) atoms. The smallest absolute Gasteiger partial charge is 0.198 e. The minimum atomic E-state index is -3.53. The molecular formula is C8H6N2O2S. The summed E-state index contributed by atoms with van der Waals surface area (Å²) in [6, 6.07) is 7.08. The monoisotopic (exact) mass is 194 g/mol. The van der Waals surface area contributed by atoms with Crippen molar-refractivity contribution in [3.63, 3.8) is 0 Å². The van der Waals surface area contributed by atoms with E-state index >= 15 is 0 Å². The topological polar surface area (TPSA) is 58.9 Å². The number of hydrogen-bond donors (Lipinski definition) is 0. The summed E-state index contributed by atoms with van der Waals surface area (Å²) in [4.78, 5) is 0. The number of hydrogen-bond acceptors (Lipinski definition) is 3. The van der Waals surface area contributed by atoms with Crippen molar-refractivity contribution in [3.05, 3.63) is 34.7 Å². The molecule has 4 nitrogen and oxygen atoms in total. The summed E-state index contributed by atoms with van der Waals surface area (Å²) in [5.74, 6) is 0. The zero-order chi connectivity index (χ0) is 9.31. The molecule has 0 N–H and O–H groups in total. The molecule has 0 saturated carbocycles. The largest absolute Gasteiger partial charge is 0.293 e. The maximum atomic E-state index is 11.1. The van der Waals surface area contributed by atoms with Gasteiger partial charge >= 0.3 is 0 Å². The molecule has 0 aliphatic carbocycles. The first-order valence-electron chi connectivity index (χ1n) is 3.61. The summed E-state index contributed by atoms with van der Waals surface area (Å²) < 4.78 is 25.4. The van der Waals surface area contributed by atoms with Crippen molar-refractivity contribution >= 4 is 21.6 Å². The number of sulfonamides is 1. The molecule has 0 amide bonds. The highest BCUT2D eigenvalue weighted by molar-refractivity contribution is 7.97. The summed E-state index contributed by atoms with van der Waals surface area (Å²) in [7, 11) is -3.53. The molecule has 2 rings (SSSR count). The molecule has 66 valence electrons. The fourth-order valence-electron chi connectivity index (χ4n) is 1.07. The quantitative estimate of drug-likeness (QED) is 0.581. The molecule has 1 heterocycles. The molecule has 0 aromatic heterocycles. The van der Waals surface area contributed by atoms with Gasteiger partial charge in [0.05, 0.1) is 11.6 Å². The molecule has 1 aliphatic heterocycles. The van der Waals surface area contributed by atoms with Crippen LogP contribution in [-0.4, -0.2) is 8.42 Å². The molecule has 0 saturated heterocycles. The molecule has 0 fully saturated rings. The average Bonchev–Trinajstić information content (AvgIpc) is 2.21. The summed E-state index contributed by atoms with van der Waals surface area (Å²) >= 11 is 0. The van der Waals surface area contributed by atoms with Crippen molar-refractivity contribution < 1.29 is 8.42 Å². The maximum Gasteiger partial charge on any atom is 0.293 e. The van der Waals surface area contributed by atoms with Crippen LogP contribution in [0.3, 0.4) is 0 Å². The highest BCUT2D eigenvalue weighted by Crippen LogP contribution is 1.96. The van der Waals surface area contributed by atoms with E-state index in [-0.39, 0.29) is 0 Å². The van der Waals surface area contributed by atoms with E-state index in [1.807, 2.05) is 6.07 Å². The normalized spacial score (nSPS) is 17.8. The first-order chi connectivity index (χ1) is 6.17. The molecule has 1 aliphatic rings. The van der Waals surface area contributed by atoms with Gasteiger partial charge in [0, 0.05) is 5.22 Å². The van der Waals surface area contributed by atoms with Crippen LogP contribution in [0.4, 0.5) is 0 Å². The number of nitrogens with zero attached hydrogens (tertiary/aromatic N) is 2. The zero-order valence-electron chi connectivity index (χ0n) is 6.58. The highest BCUT2D eigenvalue weighted by atomic mass is 32.2. The Morgan fingerprint density at radius 1 is 1.08 bits per heavy atom. The fourth-order valence-corrected chi connectivity index (χ4v) is 1.83. The summed E-state index contributed by atoms with van der Waals surface area (Å²) in [5.41, 5.74) is 0. The van der Waals surface area contributed by atoms with E-state index in [0.29, 0.717) is 5.22 Å². The fraction of sp³-hybridized carbons (Fsp3) is 0. The van der Waals surface area contributed by atoms with Crippen molar-refractivity contribution in [2.24, 2.45) is 9.63 Å². The standard InChI is InChI=1S/C8H6N2O2S/c11-13(12)6-8-4-2-1-3-7(8)5-9-10-13/h1-6H. The van der Waals surface area contributed by atoms with Crippen LogP contribution < -0.4 is 10.4 Å². The Labute approximate surface area is 75.0 Å². The lowest BCUT2D eigenvalue weighted by molar-refractivity contribution is 0.606. The summed E-state index contributed by atoms with van der Waals surface area (Å²) in [6.07, 6.45) is 1.43. The minimum Gasteiger partial charge on any atom is -0.198 e. The molecule has 0 atom stereocenters. The Morgan fingerprint density at radius 3 is 2.54 bits per heavy atom. The van der Waals surface area contributed by atoms with Gasteiger partial charge in [0.2, 0.25) is 0 Å². The molecule has 1 aromatic rings. The van der Waals surface area contributed by atoms with E-state index < -0.39 is 10.0 Å². The second-order valence-electron chi connectivity index (χ2n) is 2.59. The van der Waals surface area contributed by atoms with Crippen LogP contribution in [0.1, 0.15) is 0 Å². The van der Waals surface area contributed by atoms with Gasteiger partial charge in [-0.2, -0.15) is 8.42 Å². The second-order valence-corrected chi connectivity index (χ2v) is 4.02. The van der Waals surface area contributed by atoms with E-state index in [0.717, 1.165) is 10.6 Å². The Bertz CT molecular complexity index is 572.